The zero-order valence-corrected chi connectivity index (χ0v) is 59.4. The van der Waals surface area contributed by atoms with Crippen LogP contribution in [0, 0.1) is 0 Å². The molecular weight excluding hydrogens is 1090 g/mol. The van der Waals surface area contributed by atoms with E-state index in [1.165, 1.54) is 276 Å². The zero-order valence-electron chi connectivity index (χ0n) is 58.5. The number of phosphoric ester groups is 1. The van der Waals surface area contributed by atoms with E-state index in [0.717, 1.165) is 70.6 Å². The lowest BCUT2D eigenvalue weighted by Gasteiger charge is -2.29. The van der Waals surface area contributed by atoms with Crippen molar-refractivity contribution in [2.24, 2.45) is 0 Å². The van der Waals surface area contributed by atoms with Gasteiger partial charge in [-0.05, 0) is 64.2 Å². The van der Waals surface area contributed by atoms with Gasteiger partial charge in [0.15, 0.2) is 0 Å². The number of likely N-dealkylation sites (N-methyl/N-ethyl adjacent to an activating group) is 1. The Kier molecular flexibility index (Phi) is 66.7. The van der Waals surface area contributed by atoms with E-state index < -0.39 is 20.0 Å². The van der Waals surface area contributed by atoms with E-state index in [9.17, 15) is 19.4 Å². The first-order valence-electron chi connectivity index (χ1n) is 37.8. The first kappa shape index (κ1) is 84.9. The molecule has 0 aliphatic heterocycles. The lowest BCUT2D eigenvalue weighted by Crippen LogP contribution is -2.45. The smallest absolute Gasteiger partial charge is 0.268 e. The number of carbonyl (C=O) groups excluding carboxylic acids is 1. The second-order valence-electron chi connectivity index (χ2n) is 27.0. The highest BCUT2D eigenvalue weighted by atomic mass is 31.2. The summed E-state index contributed by atoms with van der Waals surface area (Å²) in [4.78, 5) is 25.7. The molecule has 0 saturated heterocycles. The number of nitrogens with one attached hydrogen (secondary N) is 1. The Balaban J connectivity index is 3.96. The Morgan fingerprint density at radius 3 is 1.02 bits per heavy atom. The summed E-state index contributed by atoms with van der Waals surface area (Å²) in [5, 5.41) is 14.0. The molecule has 87 heavy (non-hydrogen) atoms. The van der Waals surface area contributed by atoms with E-state index in [4.69, 9.17) is 9.05 Å². The van der Waals surface area contributed by atoms with Crippen LogP contribution < -0.4 is 10.2 Å². The molecule has 9 heteroatoms. The predicted molar refractivity (Wildman–Crippen MR) is 380 cm³/mol. The lowest BCUT2D eigenvalue weighted by atomic mass is 10.0. The Hall–Kier alpha value is -2.06. The van der Waals surface area contributed by atoms with Crippen LogP contribution in [0.5, 0.6) is 0 Å². The van der Waals surface area contributed by atoms with Crippen molar-refractivity contribution in [1.29, 1.82) is 0 Å². The van der Waals surface area contributed by atoms with Crippen LogP contribution in [0.1, 0.15) is 367 Å². The Morgan fingerprint density at radius 2 is 0.701 bits per heavy atom. The molecule has 0 aliphatic carbocycles. The fourth-order valence-corrected chi connectivity index (χ4v) is 12.1. The molecule has 8 nitrogen and oxygen atoms in total. The van der Waals surface area contributed by atoms with Crippen molar-refractivity contribution in [1.82, 2.24) is 5.32 Å². The zero-order chi connectivity index (χ0) is 63.4. The predicted octanol–water partition coefficient (Wildman–Crippen LogP) is 23.9. The number of phosphoric acid groups is 1. The topological polar surface area (TPSA) is 108 Å². The SMILES string of the molecule is CC/C=C\C/C=C\C/C=C\C/C=C\C/C=C\CCCCCCCCCCCCCCCCCCCCCCCCCC(=O)NC(COP(=O)([O-])OCC[N+](C)(C)C)C(O)/C=C/CCCCCCCCCCCCCCCCCCCCCCCCCC. The van der Waals surface area contributed by atoms with Gasteiger partial charge < -0.3 is 28.8 Å². The number of aliphatic hydroxyl groups is 1. The number of hydrogen-bond acceptors (Lipinski definition) is 6. The van der Waals surface area contributed by atoms with E-state index in [0.29, 0.717) is 17.4 Å². The summed E-state index contributed by atoms with van der Waals surface area (Å²) in [6, 6.07) is -0.888. The first-order chi connectivity index (χ1) is 42.5. The van der Waals surface area contributed by atoms with Crippen LogP contribution >= 0.6 is 7.82 Å². The fraction of sp³-hybridized carbons (Fsp3) is 0.833. The molecule has 0 rings (SSSR count). The quantitative estimate of drug-likeness (QED) is 0.0272. The third-order valence-corrected chi connectivity index (χ3v) is 18.1. The molecule has 0 aromatic heterocycles. The third kappa shape index (κ3) is 71.2. The maximum Gasteiger partial charge on any atom is 0.268 e. The average Bonchev–Trinajstić information content (AvgIpc) is 3.69. The second-order valence-corrected chi connectivity index (χ2v) is 28.4. The summed E-state index contributed by atoms with van der Waals surface area (Å²) >= 11 is 0. The third-order valence-electron chi connectivity index (χ3n) is 17.2. The van der Waals surface area contributed by atoms with Crippen LogP contribution in [0.3, 0.4) is 0 Å². The Bertz CT molecular complexity index is 1650. The van der Waals surface area contributed by atoms with Gasteiger partial charge in [-0.1, -0.05) is 369 Å². The van der Waals surface area contributed by atoms with E-state index in [1.807, 2.05) is 27.2 Å². The standard InChI is InChI=1S/C78H147N2O6P/c1-6-8-10-12-14-16-18-20-22-24-26-28-30-32-34-35-36-37-38-39-40-41-42-43-44-45-46-48-50-52-54-56-58-60-62-64-66-68-70-72-78(82)79-76(75-86-87(83,84)85-74-73-80(3,4)5)77(81)71-69-67-65-63-61-59-57-55-53-51-49-47-33-31-29-27-25-23-21-19-17-15-13-11-9-7-2/h8,10,14,16,20,22,26,28,32,34,69,71,76-77,81H,6-7,9,11-13,15,17-19,21,23-25,27,29-31,33,35-68,70,72-75H2,1-5H3,(H-,79,82,83,84)/b10-8-,16-14-,22-20-,28-26-,34-32-,71-69+. The number of carbonyl (C=O) groups is 1. The maximum absolute atomic E-state index is 13.1. The van der Waals surface area contributed by atoms with E-state index in [1.54, 1.807) is 6.08 Å². The minimum Gasteiger partial charge on any atom is -0.756 e. The molecule has 2 N–H and O–H groups in total. The van der Waals surface area contributed by atoms with Crippen LogP contribution in [0.2, 0.25) is 0 Å². The van der Waals surface area contributed by atoms with Crippen molar-refractivity contribution in [3.05, 3.63) is 72.9 Å². The molecule has 0 heterocycles. The van der Waals surface area contributed by atoms with Gasteiger partial charge in [0.25, 0.3) is 7.82 Å². The van der Waals surface area contributed by atoms with Gasteiger partial charge in [0.05, 0.1) is 39.9 Å². The van der Waals surface area contributed by atoms with Gasteiger partial charge in [-0.2, -0.15) is 0 Å². The Morgan fingerprint density at radius 1 is 0.414 bits per heavy atom. The number of allylic oxidation sites excluding steroid dienone is 11. The lowest BCUT2D eigenvalue weighted by molar-refractivity contribution is -0.870. The second kappa shape index (κ2) is 68.3. The van der Waals surface area contributed by atoms with E-state index in [2.05, 4.69) is 79.9 Å². The molecule has 3 atom stereocenters. The summed E-state index contributed by atoms with van der Waals surface area (Å²) in [5.41, 5.74) is 0. The summed E-state index contributed by atoms with van der Waals surface area (Å²) in [5.74, 6) is -0.191. The van der Waals surface area contributed by atoms with Crippen molar-refractivity contribution in [2.75, 3.05) is 40.9 Å². The maximum atomic E-state index is 13.1. The molecule has 510 valence electrons. The molecule has 0 bridgehead atoms. The van der Waals surface area contributed by atoms with E-state index >= 15 is 0 Å². The summed E-state index contributed by atoms with van der Waals surface area (Å²) < 4.78 is 23.5. The van der Waals surface area contributed by atoms with Gasteiger partial charge in [0.1, 0.15) is 13.2 Å². The van der Waals surface area contributed by atoms with Gasteiger partial charge in [-0.25, -0.2) is 0 Å². The van der Waals surface area contributed by atoms with Crippen molar-refractivity contribution in [2.45, 2.75) is 379 Å². The monoisotopic (exact) mass is 1240 g/mol. The van der Waals surface area contributed by atoms with Crippen molar-refractivity contribution in [3.8, 4) is 0 Å². The van der Waals surface area contributed by atoms with E-state index in [-0.39, 0.29) is 19.1 Å². The van der Waals surface area contributed by atoms with Gasteiger partial charge in [0.2, 0.25) is 5.91 Å². The molecule has 3 unspecified atom stereocenters. The molecule has 0 aromatic rings. The molecule has 0 aromatic carbocycles. The number of rotatable bonds is 70. The normalized spacial score (nSPS) is 14.0. The Labute approximate surface area is 542 Å². The minimum atomic E-state index is -4.61. The van der Waals surface area contributed by atoms with Crippen molar-refractivity contribution < 1.29 is 32.9 Å². The van der Waals surface area contributed by atoms with Crippen LogP contribution in [0.4, 0.5) is 0 Å². The van der Waals surface area contributed by atoms with Gasteiger partial charge in [-0.3, -0.25) is 9.36 Å². The van der Waals surface area contributed by atoms with Gasteiger partial charge in [-0.15, -0.1) is 0 Å². The average molecular weight is 1240 g/mol. The number of nitrogens with zero attached hydrogens (tertiary/aromatic N) is 1. The van der Waals surface area contributed by atoms with Gasteiger partial charge >= 0.3 is 0 Å². The highest BCUT2D eigenvalue weighted by Gasteiger charge is 2.23. The highest BCUT2D eigenvalue weighted by Crippen LogP contribution is 2.38. The molecule has 0 radical (unpaired) electrons. The van der Waals surface area contributed by atoms with Crippen LogP contribution in [0.25, 0.3) is 0 Å². The number of aliphatic hydroxyl groups excluding tert-OH is 1. The van der Waals surface area contributed by atoms with Crippen LogP contribution in [0.15, 0.2) is 72.9 Å². The first-order valence-corrected chi connectivity index (χ1v) is 39.3. The molecule has 0 aliphatic rings. The summed E-state index contributed by atoms with van der Waals surface area (Å²) in [7, 11) is 1.28. The fourth-order valence-electron chi connectivity index (χ4n) is 11.4. The molecule has 0 saturated carbocycles. The van der Waals surface area contributed by atoms with Gasteiger partial charge in [0, 0.05) is 6.42 Å². The number of quaternary nitrogens is 1. The van der Waals surface area contributed by atoms with Crippen LogP contribution in [-0.4, -0.2) is 68.5 Å². The largest absolute Gasteiger partial charge is 0.756 e. The molecule has 0 fully saturated rings. The number of amides is 1. The van der Waals surface area contributed by atoms with Crippen molar-refractivity contribution >= 4 is 13.7 Å². The van der Waals surface area contributed by atoms with Crippen LogP contribution in [-0.2, 0) is 18.4 Å². The molecular formula is C78H147N2O6P. The number of unbranched alkanes of at least 4 members (excludes halogenated alkanes) is 47. The molecule has 1 amide bonds. The highest BCUT2D eigenvalue weighted by molar-refractivity contribution is 7.45. The molecule has 0 spiro atoms. The summed E-state index contributed by atoms with van der Waals surface area (Å²) in [6.07, 6.45) is 96.2. The van der Waals surface area contributed by atoms with Crippen molar-refractivity contribution in [3.63, 3.8) is 0 Å². The number of hydrogen-bond donors (Lipinski definition) is 2. The summed E-state index contributed by atoms with van der Waals surface area (Å²) in [6.45, 7) is 4.59. The minimum absolute atomic E-state index is 0.0000398.